The maximum atomic E-state index is 13.4. The highest BCUT2D eigenvalue weighted by molar-refractivity contribution is 5.88. The molecule has 0 spiro atoms. The molecule has 4 rings (SSSR count). The van der Waals surface area contributed by atoms with Gasteiger partial charge < -0.3 is 15.2 Å². The van der Waals surface area contributed by atoms with Crippen molar-refractivity contribution in [3.05, 3.63) is 48.4 Å². The first-order valence-corrected chi connectivity index (χ1v) is 12.0. The molecule has 6 nitrogen and oxygen atoms in total. The fourth-order valence-electron chi connectivity index (χ4n) is 4.88. The molecule has 0 amide bonds. The Kier molecular flexibility index (Phi) is 7.08. The van der Waals surface area contributed by atoms with Crippen molar-refractivity contribution >= 4 is 28.3 Å². The minimum atomic E-state index is -0.134. The van der Waals surface area contributed by atoms with Gasteiger partial charge >= 0.3 is 0 Å². The number of nitrogens with one attached hydrogen (secondary N) is 2. The van der Waals surface area contributed by atoms with Gasteiger partial charge in [-0.15, -0.1) is 0 Å². The molecular weight excluding hydrogens is 398 g/mol. The second-order valence-electron chi connectivity index (χ2n) is 9.29. The predicted octanol–water partition coefficient (Wildman–Crippen LogP) is 5.54. The number of ketones is 1. The molecule has 2 atom stereocenters. The van der Waals surface area contributed by atoms with Gasteiger partial charge in [0.05, 0.1) is 11.4 Å². The molecule has 0 unspecified atom stereocenters. The van der Waals surface area contributed by atoms with Gasteiger partial charge in [-0.1, -0.05) is 45.4 Å². The zero-order chi connectivity index (χ0) is 22.5. The predicted molar refractivity (Wildman–Crippen MR) is 131 cm³/mol. The van der Waals surface area contributed by atoms with E-state index in [1.807, 2.05) is 18.3 Å². The van der Waals surface area contributed by atoms with Gasteiger partial charge in [0.2, 0.25) is 0 Å². The van der Waals surface area contributed by atoms with Gasteiger partial charge in [0.1, 0.15) is 17.8 Å². The molecule has 0 bridgehead atoms. The van der Waals surface area contributed by atoms with Crippen molar-refractivity contribution < 1.29 is 4.79 Å². The summed E-state index contributed by atoms with van der Waals surface area (Å²) in [5, 5.41) is 4.65. The second-order valence-corrected chi connectivity index (χ2v) is 9.29. The number of rotatable bonds is 9. The van der Waals surface area contributed by atoms with Gasteiger partial charge in [0.15, 0.2) is 5.78 Å². The Hall–Kier alpha value is -2.89. The number of carbonyl (C=O) groups excluding carboxylic acids is 1. The minimum Gasteiger partial charge on any atom is -0.375 e. The Morgan fingerprint density at radius 2 is 2.09 bits per heavy atom. The summed E-state index contributed by atoms with van der Waals surface area (Å²) in [6, 6.07) is 10.3. The van der Waals surface area contributed by atoms with E-state index in [4.69, 9.17) is 0 Å². The lowest BCUT2D eigenvalue weighted by atomic mass is 9.89. The first kappa shape index (κ1) is 22.3. The molecule has 0 radical (unpaired) electrons. The van der Waals surface area contributed by atoms with Crippen LogP contribution in [-0.4, -0.2) is 39.9 Å². The maximum absolute atomic E-state index is 13.4. The summed E-state index contributed by atoms with van der Waals surface area (Å²) in [7, 11) is 0. The smallest absolute Gasteiger partial charge is 0.155 e. The van der Waals surface area contributed by atoms with Crippen LogP contribution in [0.15, 0.2) is 42.9 Å². The number of hydrogen-bond donors (Lipinski definition) is 2. The zero-order valence-corrected chi connectivity index (χ0v) is 19.5. The number of hydrogen-bond acceptors (Lipinski definition) is 5. The summed E-state index contributed by atoms with van der Waals surface area (Å²) in [5.74, 6) is 2.07. The standard InChI is InChI=1S/C26H35N5O/c1-4-8-23(30-22-11-6-5-10-20(22)18(2)3)24(32)15-19-9-7-14-31(16-19)26-21-12-13-27-25(21)28-17-29-26/h5-6,10-13,17-19,23,30H,4,7-9,14-16H2,1-3H3,(H,27,28,29)/t19-,23+/m0/s1. The van der Waals surface area contributed by atoms with Crippen LogP contribution >= 0.6 is 0 Å². The number of aromatic nitrogens is 3. The topological polar surface area (TPSA) is 73.9 Å². The molecule has 170 valence electrons. The molecule has 2 N–H and O–H groups in total. The van der Waals surface area contributed by atoms with E-state index in [9.17, 15) is 4.79 Å². The first-order valence-electron chi connectivity index (χ1n) is 12.0. The van der Waals surface area contributed by atoms with E-state index >= 15 is 0 Å². The summed E-state index contributed by atoms with van der Waals surface area (Å²) in [5.41, 5.74) is 3.23. The van der Waals surface area contributed by atoms with Crippen LogP contribution in [0, 0.1) is 5.92 Å². The molecule has 2 aromatic heterocycles. The number of carbonyl (C=O) groups is 1. The van der Waals surface area contributed by atoms with Crippen LogP contribution in [0.4, 0.5) is 11.5 Å². The third kappa shape index (κ3) is 4.95. The average molecular weight is 434 g/mol. The molecule has 1 aromatic carbocycles. The van der Waals surface area contributed by atoms with Crippen LogP contribution in [0.2, 0.25) is 0 Å². The molecule has 0 aliphatic carbocycles. The van der Waals surface area contributed by atoms with E-state index in [-0.39, 0.29) is 6.04 Å². The molecule has 3 heterocycles. The van der Waals surface area contributed by atoms with Gasteiger partial charge in [0, 0.05) is 31.4 Å². The third-order valence-electron chi connectivity index (χ3n) is 6.52. The summed E-state index contributed by atoms with van der Waals surface area (Å²) in [6.07, 6.45) is 8.15. The molecule has 1 fully saturated rings. The fourth-order valence-corrected chi connectivity index (χ4v) is 4.88. The number of Topliss-reactive ketones (excluding diaryl/α,β-unsaturated/α-hetero) is 1. The molecule has 0 saturated carbocycles. The van der Waals surface area contributed by atoms with Crippen molar-refractivity contribution in [2.45, 2.75) is 64.8 Å². The summed E-state index contributed by atoms with van der Waals surface area (Å²) in [4.78, 5) is 27.8. The van der Waals surface area contributed by atoms with Gasteiger partial charge in [-0.25, -0.2) is 9.97 Å². The summed E-state index contributed by atoms with van der Waals surface area (Å²) < 4.78 is 0. The quantitative estimate of drug-likeness (QED) is 0.464. The first-order chi connectivity index (χ1) is 15.6. The minimum absolute atomic E-state index is 0.134. The van der Waals surface area contributed by atoms with Crippen molar-refractivity contribution in [1.82, 2.24) is 15.0 Å². The lowest BCUT2D eigenvalue weighted by Gasteiger charge is -2.34. The van der Waals surface area contributed by atoms with Crippen LogP contribution < -0.4 is 10.2 Å². The number of benzene rings is 1. The Morgan fingerprint density at radius 1 is 1.25 bits per heavy atom. The number of para-hydroxylation sites is 1. The lowest BCUT2D eigenvalue weighted by Crippen LogP contribution is -2.39. The number of aromatic amines is 1. The highest BCUT2D eigenvalue weighted by Gasteiger charge is 2.27. The Bertz CT molecular complexity index is 1040. The van der Waals surface area contributed by atoms with E-state index in [1.165, 1.54) is 5.56 Å². The van der Waals surface area contributed by atoms with Gasteiger partial charge in [-0.05, 0) is 48.8 Å². The third-order valence-corrected chi connectivity index (χ3v) is 6.52. The van der Waals surface area contributed by atoms with Gasteiger partial charge in [-0.3, -0.25) is 4.79 Å². The lowest BCUT2D eigenvalue weighted by molar-refractivity contribution is -0.120. The largest absolute Gasteiger partial charge is 0.375 e. The number of anilines is 2. The van der Waals surface area contributed by atoms with E-state index in [1.54, 1.807) is 6.33 Å². The van der Waals surface area contributed by atoms with Crippen LogP contribution in [0.3, 0.4) is 0 Å². The molecule has 1 aliphatic heterocycles. The fraction of sp³-hybridized carbons (Fsp3) is 0.500. The van der Waals surface area contributed by atoms with Crippen molar-refractivity contribution in [3.63, 3.8) is 0 Å². The number of fused-ring (bicyclic) bond motifs is 1. The Balaban J connectivity index is 1.45. The van der Waals surface area contributed by atoms with E-state index in [0.29, 0.717) is 24.0 Å². The van der Waals surface area contributed by atoms with Crippen molar-refractivity contribution in [2.75, 3.05) is 23.3 Å². The highest BCUT2D eigenvalue weighted by Crippen LogP contribution is 2.30. The van der Waals surface area contributed by atoms with E-state index < -0.39 is 0 Å². The normalized spacial score (nSPS) is 17.6. The number of H-pyrrole nitrogens is 1. The van der Waals surface area contributed by atoms with Crippen LogP contribution in [0.5, 0.6) is 0 Å². The number of piperidine rings is 1. The molecular formula is C26H35N5O. The van der Waals surface area contributed by atoms with Crippen molar-refractivity contribution in [3.8, 4) is 0 Å². The molecule has 6 heteroatoms. The van der Waals surface area contributed by atoms with Gasteiger partial charge in [0.25, 0.3) is 0 Å². The molecule has 32 heavy (non-hydrogen) atoms. The second kappa shape index (κ2) is 10.2. The monoisotopic (exact) mass is 433 g/mol. The van der Waals surface area contributed by atoms with Crippen molar-refractivity contribution in [2.24, 2.45) is 5.92 Å². The van der Waals surface area contributed by atoms with E-state index in [2.05, 4.69) is 64.1 Å². The number of nitrogens with zero attached hydrogens (tertiary/aromatic N) is 3. The van der Waals surface area contributed by atoms with Crippen LogP contribution in [0.25, 0.3) is 11.0 Å². The SMILES string of the molecule is CCC[C@@H](Nc1ccccc1C(C)C)C(=O)C[C@@H]1CCCN(c2ncnc3[nH]ccc23)C1. The molecule has 1 saturated heterocycles. The summed E-state index contributed by atoms with van der Waals surface area (Å²) >= 11 is 0. The summed E-state index contributed by atoms with van der Waals surface area (Å²) in [6.45, 7) is 8.38. The highest BCUT2D eigenvalue weighted by atomic mass is 16.1. The van der Waals surface area contributed by atoms with Crippen LogP contribution in [-0.2, 0) is 4.79 Å². The zero-order valence-electron chi connectivity index (χ0n) is 19.5. The maximum Gasteiger partial charge on any atom is 0.155 e. The molecule has 3 aromatic rings. The Labute approximate surface area is 190 Å². The average Bonchev–Trinajstić information content (AvgIpc) is 3.28. The molecule has 1 aliphatic rings. The van der Waals surface area contributed by atoms with Crippen LogP contribution in [0.1, 0.15) is 64.4 Å². The van der Waals surface area contributed by atoms with E-state index in [0.717, 1.165) is 61.3 Å². The van der Waals surface area contributed by atoms with Gasteiger partial charge in [-0.2, -0.15) is 0 Å². The van der Waals surface area contributed by atoms with Crippen molar-refractivity contribution in [1.29, 1.82) is 0 Å². The Morgan fingerprint density at radius 3 is 2.91 bits per heavy atom.